The van der Waals surface area contributed by atoms with Gasteiger partial charge in [0.15, 0.2) is 0 Å². The van der Waals surface area contributed by atoms with Gasteiger partial charge in [-0.2, -0.15) is 26.3 Å². The van der Waals surface area contributed by atoms with Gasteiger partial charge in [0.05, 0.1) is 42.0 Å². The second kappa shape index (κ2) is 19.7. The number of alkyl halides is 6. The molecule has 0 amide bonds. The summed E-state index contributed by atoms with van der Waals surface area (Å²) in [7, 11) is 1.25. The minimum atomic E-state index is -5.30. The van der Waals surface area contributed by atoms with Crippen LogP contribution in [0.15, 0.2) is 110 Å². The molecule has 66 heavy (non-hydrogen) atoms. The van der Waals surface area contributed by atoms with E-state index in [1.165, 1.54) is 88.5 Å². The Morgan fingerprint density at radius 1 is 0.621 bits per heavy atom. The number of methoxy groups -OCH3 is 1. The largest absolute Gasteiger partial charge is 0.489 e. The number of esters is 2. The minimum Gasteiger partial charge on any atom is -0.489 e. The summed E-state index contributed by atoms with van der Waals surface area (Å²) >= 11 is 13.1. The number of aliphatic hydroxyl groups is 1. The summed E-state index contributed by atoms with van der Waals surface area (Å²) < 4.78 is 113. The van der Waals surface area contributed by atoms with Gasteiger partial charge < -0.3 is 24.1 Å². The monoisotopic (exact) mass is 956 g/mol. The van der Waals surface area contributed by atoms with Gasteiger partial charge in [-0.05, 0) is 84.6 Å². The summed E-state index contributed by atoms with van der Waals surface area (Å²) in [6.07, 6.45) is -6.54. The molecule has 0 radical (unpaired) electrons. The third-order valence-electron chi connectivity index (χ3n) is 10.9. The summed E-state index contributed by atoms with van der Waals surface area (Å²) in [4.78, 5) is 41.6. The number of hydrogen-bond donors (Lipinski definition) is 1. The molecule has 4 aromatic carbocycles. The summed E-state index contributed by atoms with van der Waals surface area (Å²) in [5.74, 6) is -5.04. The maximum Gasteiger partial charge on any atom is 0.435 e. The number of halogens is 8. The highest BCUT2D eigenvalue weighted by Crippen LogP contribution is 2.53. The number of nitrogens with zero attached hydrogens (tertiary/aromatic N) is 4. The van der Waals surface area contributed by atoms with Crippen LogP contribution in [0.25, 0.3) is 0 Å². The number of benzene rings is 4. The average Bonchev–Trinajstić information content (AvgIpc) is 3.28. The smallest absolute Gasteiger partial charge is 0.435 e. The highest BCUT2D eigenvalue weighted by atomic mass is 35.5. The van der Waals surface area contributed by atoms with Crippen molar-refractivity contribution < 1.29 is 60.0 Å². The van der Waals surface area contributed by atoms with Gasteiger partial charge in [-0.15, -0.1) is 0 Å². The molecule has 0 saturated carbocycles. The fourth-order valence-corrected chi connectivity index (χ4v) is 7.84. The zero-order valence-electron chi connectivity index (χ0n) is 35.7. The zero-order chi connectivity index (χ0) is 48.2. The Kier molecular flexibility index (Phi) is 14.6. The molecule has 0 bridgehead atoms. The molecular formula is C47H40Cl2F6N4O7. The van der Waals surface area contributed by atoms with Crippen molar-refractivity contribution in [3.63, 3.8) is 0 Å². The van der Waals surface area contributed by atoms with E-state index in [1.807, 2.05) is 0 Å². The summed E-state index contributed by atoms with van der Waals surface area (Å²) in [5.41, 5.74) is -6.98. The Bertz CT molecular complexity index is 2710. The SMILES string of the molecule is COC(=O)c1cccc(COc2ccc(C(C)C(OC(=O)c3cccc(COc4ccc(C(C)C(O)(c5cnc(C)cn5)C(F)(F)F)c(Cl)c4)c3)(c3cnc(C)cn3)C(F)(F)F)c(Cl)c2)c1. The van der Waals surface area contributed by atoms with E-state index in [-0.39, 0.29) is 51.4 Å². The molecule has 19 heteroatoms. The molecule has 6 aromatic rings. The van der Waals surface area contributed by atoms with Crippen molar-refractivity contribution in [1.29, 1.82) is 0 Å². The third-order valence-corrected chi connectivity index (χ3v) is 11.5. The lowest BCUT2D eigenvalue weighted by molar-refractivity contribution is -0.276. The highest BCUT2D eigenvalue weighted by molar-refractivity contribution is 6.32. The second-order valence-electron chi connectivity index (χ2n) is 15.3. The number of aromatic nitrogens is 4. The van der Waals surface area contributed by atoms with Crippen molar-refractivity contribution in [3.05, 3.63) is 176 Å². The topological polar surface area (TPSA) is 143 Å². The number of ether oxygens (including phenoxy) is 4. The first-order valence-corrected chi connectivity index (χ1v) is 20.6. The first-order valence-electron chi connectivity index (χ1n) is 19.9. The standard InChI is InChI=1S/C47H40Cl2F6N4O7/c1-26-20-58-40(22-56-26)44(62,46(50,51)52)28(3)36-14-12-34(18-38(36)48)65-25-31-9-7-11-33(17-31)43(61)66-45(47(53,54)55,41-23-57-27(2)21-59-41)29(4)37-15-13-35(19-39(37)49)64-24-30-8-6-10-32(16-30)42(60)63-5/h6-23,28-29,62H,24-25H2,1-5H3. The van der Waals surface area contributed by atoms with E-state index < -0.39 is 58.7 Å². The van der Waals surface area contributed by atoms with Gasteiger partial charge in [-0.1, -0.05) is 73.4 Å². The fraction of sp³-hybridized carbons (Fsp3) is 0.277. The lowest BCUT2D eigenvalue weighted by Crippen LogP contribution is -2.51. The van der Waals surface area contributed by atoms with Crippen molar-refractivity contribution in [2.24, 2.45) is 0 Å². The Morgan fingerprint density at radius 2 is 1.09 bits per heavy atom. The van der Waals surface area contributed by atoms with Crippen molar-refractivity contribution in [3.8, 4) is 11.5 Å². The van der Waals surface area contributed by atoms with Crippen LogP contribution in [-0.4, -0.2) is 56.4 Å². The van der Waals surface area contributed by atoms with Crippen molar-refractivity contribution >= 4 is 35.1 Å². The molecule has 2 heterocycles. The number of aryl methyl sites for hydroxylation is 2. The third kappa shape index (κ3) is 10.2. The lowest BCUT2D eigenvalue weighted by Gasteiger charge is -2.39. The number of carbonyl (C=O) groups is 2. The van der Waals surface area contributed by atoms with E-state index in [9.17, 15) is 27.9 Å². The first kappa shape index (κ1) is 49.1. The summed E-state index contributed by atoms with van der Waals surface area (Å²) in [6.45, 7) is 5.08. The molecule has 0 aliphatic rings. The van der Waals surface area contributed by atoms with E-state index in [4.69, 9.17) is 42.1 Å². The number of carbonyl (C=O) groups excluding carboxylic acids is 2. The molecule has 0 aliphatic carbocycles. The first-order chi connectivity index (χ1) is 31.1. The Balaban J connectivity index is 1.23. The molecule has 1 N–H and O–H groups in total. The van der Waals surface area contributed by atoms with Crippen molar-refractivity contribution in [2.45, 2.75) is 76.3 Å². The van der Waals surface area contributed by atoms with Crippen LogP contribution < -0.4 is 9.47 Å². The number of hydrogen-bond acceptors (Lipinski definition) is 11. The summed E-state index contributed by atoms with van der Waals surface area (Å²) in [5, 5.41) is 10.8. The molecule has 6 rings (SSSR count). The maximum absolute atomic E-state index is 15.8. The highest BCUT2D eigenvalue weighted by Gasteiger charge is 2.65. The van der Waals surface area contributed by atoms with E-state index in [1.54, 1.807) is 24.3 Å². The van der Waals surface area contributed by atoms with E-state index in [2.05, 4.69) is 19.9 Å². The van der Waals surface area contributed by atoms with E-state index in [0.29, 0.717) is 28.1 Å². The van der Waals surface area contributed by atoms with Crippen LogP contribution in [0.1, 0.15) is 91.4 Å². The Labute approximate surface area is 384 Å². The number of rotatable bonds is 15. The van der Waals surface area contributed by atoms with Crippen LogP contribution in [0.2, 0.25) is 10.0 Å². The van der Waals surface area contributed by atoms with Gasteiger partial charge in [-0.25, -0.2) is 9.59 Å². The minimum absolute atomic E-state index is 0.0234. The lowest BCUT2D eigenvalue weighted by atomic mass is 9.79. The van der Waals surface area contributed by atoms with Crippen LogP contribution in [0, 0.1) is 13.8 Å². The Morgan fingerprint density at radius 3 is 1.52 bits per heavy atom. The molecular weight excluding hydrogens is 917 g/mol. The van der Waals surface area contributed by atoms with Gasteiger partial charge in [-0.3, -0.25) is 19.9 Å². The molecule has 2 aromatic heterocycles. The van der Waals surface area contributed by atoms with Crippen LogP contribution in [0.5, 0.6) is 11.5 Å². The average molecular weight is 958 g/mol. The molecule has 4 unspecified atom stereocenters. The second-order valence-corrected chi connectivity index (χ2v) is 16.1. The predicted octanol–water partition coefficient (Wildman–Crippen LogP) is 11.1. The fourth-order valence-electron chi connectivity index (χ4n) is 7.17. The molecule has 0 fully saturated rings. The van der Waals surface area contributed by atoms with Crippen molar-refractivity contribution in [2.75, 3.05) is 7.11 Å². The van der Waals surface area contributed by atoms with Gasteiger partial charge in [0.1, 0.15) is 36.1 Å². The molecule has 4 atom stereocenters. The van der Waals surface area contributed by atoms with Gasteiger partial charge in [0, 0.05) is 34.3 Å². The Hall–Kier alpha value is -6.30. The molecule has 0 aliphatic heterocycles. The van der Waals surface area contributed by atoms with Gasteiger partial charge >= 0.3 is 24.3 Å². The zero-order valence-corrected chi connectivity index (χ0v) is 37.2. The van der Waals surface area contributed by atoms with Gasteiger partial charge in [0.25, 0.3) is 5.60 Å². The maximum atomic E-state index is 15.8. The van der Waals surface area contributed by atoms with Crippen LogP contribution in [0.4, 0.5) is 26.3 Å². The molecule has 346 valence electrons. The summed E-state index contributed by atoms with van der Waals surface area (Å²) in [6, 6.07) is 19.7. The van der Waals surface area contributed by atoms with Crippen LogP contribution in [0.3, 0.4) is 0 Å². The van der Waals surface area contributed by atoms with Crippen LogP contribution >= 0.6 is 23.2 Å². The normalized spacial score (nSPS) is 14.6. The molecule has 0 saturated heterocycles. The van der Waals surface area contributed by atoms with E-state index in [0.717, 1.165) is 31.7 Å². The van der Waals surface area contributed by atoms with E-state index >= 15 is 13.2 Å². The van der Waals surface area contributed by atoms with Crippen molar-refractivity contribution in [1.82, 2.24) is 19.9 Å². The molecule has 11 nitrogen and oxygen atoms in total. The molecule has 0 spiro atoms. The predicted molar refractivity (Wildman–Crippen MR) is 229 cm³/mol. The van der Waals surface area contributed by atoms with Crippen LogP contribution in [-0.2, 0) is 33.9 Å². The quantitative estimate of drug-likeness (QED) is 0.0776. The van der Waals surface area contributed by atoms with Gasteiger partial charge in [0.2, 0.25) is 5.60 Å².